The van der Waals surface area contributed by atoms with Gasteiger partial charge in [0.2, 0.25) is 10.0 Å². The largest absolute Gasteiger partial charge is 0.458 e. The minimum absolute atomic E-state index is 0.101. The number of carbonyl (C=O) groups is 1. The highest BCUT2D eigenvalue weighted by atomic mass is 32.2. The Morgan fingerprint density at radius 3 is 2.69 bits per heavy atom. The van der Waals surface area contributed by atoms with Crippen molar-refractivity contribution in [3.63, 3.8) is 0 Å². The normalized spacial score (nSPS) is 18.4. The highest BCUT2D eigenvalue weighted by Crippen LogP contribution is 2.29. The van der Waals surface area contributed by atoms with E-state index in [4.69, 9.17) is 9.47 Å². The number of rotatable bonds is 9. The predicted octanol–water partition coefficient (Wildman–Crippen LogP) is 3.48. The van der Waals surface area contributed by atoms with Crippen LogP contribution in [0.25, 0.3) is 11.0 Å². The van der Waals surface area contributed by atoms with Crippen LogP contribution in [0.2, 0.25) is 0 Å². The molecule has 1 aromatic heterocycles. The quantitative estimate of drug-likeness (QED) is 0.529. The molecule has 0 unspecified atom stereocenters. The molecular formula is C23H33N3O5S. The first kappa shape index (κ1) is 23.2. The molecule has 1 saturated carbocycles. The van der Waals surface area contributed by atoms with Crippen LogP contribution in [0.3, 0.4) is 0 Å². The van der Waals surface area contributed by atoms with Gasteiger partial charge in [-0.3, -0.25) is 4.79 Å². The maximum atomic E-state index is 13.0. The predicted molar refractivity (Wildman–Crippen MR) is 121 cm³/mol. The smallest absolute Gasteiger partial charge is 0.306 e. The van der Waals surface area contributed by atoms with E-state index >= 15 is 0 Å². The Balaban J connectivity index is 1.49. The topological polar surface area (TPSA) is 90.7 Å². The Labute approximate surface area is 189 Å². The fourth-order valence-corrected chi connectivity index (χ4v) is 6.11. The molecule has 1 aliphatic carbocycles. The number of carbonyl (C=O) groups excluding carboxylic acids is 1. The Hall–Kier alpha value is -1.97. The number of imidazole rings is 1. The molecule has 8 nitrogen and oxygen atoms in total. The summed E-state index contributed by atoms with van der Waals surface area (Å²) < 4.78 is 40.3. The van der Waals surface area contributed by atoms with Gasteiger partial charge in [0.25, 0.3) is 0 Å². The molecule has 0 radical (unpaired) electrons. The van der Waals surface area contributed by atoms with E-state index in [1.165, 1.54) is 30.0 Å². The van der Waals surface area contributed by atoms with Crippen LogP contribution in [0.4, 0.5) is 0 Å². The van der Waals surface area contributed by atoms with Crippen LogP contribution < -0.4 is 0 Å². The molecule has 0 spiro atoms. The number of esters is 1. The minimum Gasteiger partial charge on any atom is -0.458 e. The Morgan fingerprint density at radius 2 is 1.97 bits per heavy atom. The number of nitrogens with zero attached hydrogens (tertiary/aromatic N) is 3. The summed E-state index contributed by atoms with van der Waals surface area (Å²) in [6.07, 6.45) is 7.20. The molecule has 2 aromatic rings. The second kappa shape index (κ2) is 10.3. The average molecular weight is 464 g/mol. The fraction of sp³-hybridized carbons (Fsp3) is 0.652. The van der Waals surface area contributed by atoms with Gasteiger partial charge in [-0.15, -0.1) is 0 Å². The lowest BCUT2D eigenvalue weighted by molar-refractivity contribution is -0.145. The van der Waals surface area contributed by atoms with E-state index in [9.17, 15) is 13.2 Å². The zero-order valence-electron chi connectivity index (χ0n) is 18.8. The second-order valence-electron chi connectivity index (χ2n) is 8.70. The molecule has 1 aromatic carbocycles. The van der Waals surface area contributed by atoms with Crippen LogP contribution in [0.5, 0.6) is 0 Å². The molecule has 4 rings (SSSR count). The molecule has 0 bridgehead atoms. The summed E-state index contributed by atoms with van der Waals surface area (Å²) in [7, 11) is -3.59. The van der Waals surface area contributed by atoms with Crippen LogP contribution in [0.1, 0.15) is 57.7 Å². The van der Waals surface area contributed by atoms with Crippen LogP contribution in [-0.4, -0.2) is 54.5 Å². The van der Waals surface area contributed by atoms with Gasteiger partial charge >= 0.3 is 5.97 Å². The maximum absolute atomic E-state index is 13.0. The lowest BCUT2D eigenvalue weighted by Gasteiger charge is -2.26. The monoisotopic (exact) mass is 463 g/mol. The number of morpholine rings is 1. The number of aryl methyl sites for hydroxylation is 1. The van der Waals surface area contributed by atoms with Crippen LogP contribution in [0, 0.1) is 5.92 Å². The molecule has 176 valence electrons. The molecule has 0 atom stereocenters. The Bertz CT molecular complexity index is 1040. The lowest BCUT2D eigenvalue weighted by Crippen LogP contribution is -2.40. The number of hydrogen-bond acceptors (Lipinski definition) is 6. The van der Waals surface area contributed by atoms with Crippen molar-refractivity contribution in [2.75, 3.05) is 26.3 Å². The summed E-state index contributed by atoms with van der Waals surface area (Å²) in [6, 6.07) is 5.06. The van der Waals surface area contributed by atoms with Crippen LogP contribution in [0.15, 0.2) is 23.1 Å². The first-order valence-corrected chi connectivity index (χ1v) is 13.2. The molecular weight excluding hydrogens is 430 g/mol. The molecule has 2 heterocycles. The van der Waals surface area contributed by atoms with E-state index < -0.39 is 10.0 Å². The van der Waals surface area contributed by atoms with Crippen molar-refractivity contribution in [3.05, 3.63) is 24.0 Å². The molecule has 2 fully saturated rings. The molecule has 0 N–H and O–H groups in total. The first-order chi connectivity index (χ1) is 15.5. The zero-order valence-corrected chi connectivity index (χ0v) is 19.6. The van der Waals surface area contributed by atoms with Crippen molar-refractivity contribution in [2.24, 2.45) is 5.92 Å². The molecule has 32 heavy (non-hydrogen) atoms. The number of ether oxygens (including phenoxy) is 2. The van der Waals surface area contributed by atoms with Gasteiger partial charge < -0.3 is 14.0 Å². The van der Waals surface area contributed by atoms with Crippen molar-refractivity contribution < 1.29 is 22.7 Å². The van der Waals surface area contributed by atoms with Crippen molar-refractivity contribution in [1.29, 1.82) is 0 Å². The van der Waals surface area contributed by atoms with Gasteiger partial charge in [0.1, 0.15) is 12.4 Å². The van der Waals surface area contributed by atoms with Gasteiger partial charge in [-0.2, -0.15) is 4.31 Å². The fourth-order valence-electron chi connectivity index (χ4n) is 4.68. The zero-order chi connectivity index (χ0) is 22.6. The van der Waals surface area contributed by atoms with Crippen LogP contribution in [-0.2, 0) is 37.4 Å². The summed E-state index contributed by atoms with van der Waals surface area (Å²) >= 11 is 0. The standard InChI is InChI=1S/C23H33N3O5S/c1-2-11-26-21-9-8-19(32(28,29)25-12-14-30-15-13-25)16-20(21)24-22(26)17-31-23(27)10-7-18-5-3-4-6-18/h8-9,16,18H,2-7,10-15,17H2,1H3. The van der Waals surface area contributed by atoms with Crippen LogP contribution >= 0.6 is 0 Å². The van der Waals surface area contributed by atoms with Gasteiger partial charge in [-0.1, -0.05) is 32.6 Å². The first-order valence-electron chi connectivity index (χ1n) is 11.7. The SMILES string of the molecule is CCCn1c(COC(=O)CCC2CCCC2)nc2cc(S(=O)(=O)N3CCOCC3)ccc21. The summed E-state index contributed by atoms with van der Waals surface area (Å²) in [6.45, 7) is 4.41. The molecule has 0 amide bonds. The third-order valence-corrected chi connectivity index (χ3v) is 8.34. The van der Waals surface area contributed by atoms with E-state index in [2.05, 4.69) is 11.9 Å². The second-order valence-corrected chi connectivity index (χ2v) is 10.6. The third-order valence-electron chi connectivity index (χ3n) is 6.45. The Kier molecular flexibility index (Phi) is 7.48. The van der Waals surface area contributed by atoms with Gasteiger partial charge in [-0.05, 0) is 37.0 Å². The van der Waals surface area contributed by atoms with Crippen molar-refractivity contribution >= 4 is 27.0 Å². The number of benzene rings is 1. The van der Waals surface area contributed by atoms with Gasteiger partial charge in [0.05, 0.1) is 29.1 Å². The number of aromatic nitrogens is 2. The maximum Gasteiger partial charge on any atom is 0.306 e. The van der Waals surface area contributed by atoms with Gasteiger partial charge in [0.15, 0.2) is 0 Å². The van der Waals surface area contributed by atoms with Gasteiger partial charge in [0, 0.05) is 26.1 Å². The summed E-state index contributed by atoms with van der Waals surface area (Å²) in [4.78, 5) is 17.1. The summed E-state index contributed by atoms with van der Waals surface area (Å²) in [5, 5.41) is 0. The molecule has 9 heteroatoms. The molecule has 2 aliphatic rings. The summed E-state index contributed by atoms with van der Waals surface area (Å²) in [5.74, 6) is 1.11. The van der Waals surface area contributed by atoms with Crippen molar-refractivity contribution in [3.8, 4) is 0 Å². The average Bonchev–Trinajstić information content (AvgIpc) is 3.45. The number of sulfonamides is 1. The Morgan fingerprint density at radius 1 is 1.22 bits per heavy atom. The van der Waals surface area contributed by atoms with E-state index in [-0.39, 0.29) is 17.5 Å². The van der Waals surface area contributed by atoms with E-state index in [1.54, 1.807) is 18.2 Å². The van der Waals surface area contributed by atoms with Crippen molar-refractivity contribution in [1.82, 2.24) is 13.9 Å². The minimum atomic E-state index is -3.59. The third kappa shape index (κ3) is 5.15. The van der Waals surface area contributed by atoms with Gasteiger partial charge in [-0.25, -0.2) is 13.4 Å². The number of fused-ring (bicyclic) bond motifs is 1. The molecule has 1 aliphatic heterocycles. The summed E-state index contributed by atoms with van der Waals surface area (Å²) in [5.41, 5.74) is 1.45. The van der Waals surface area contributed by atoms with E-state index in [1.807, 2.05) is 4.57 Å². The molecule has 1 saturated heterocycles. The highest BCUT2D eigenvalue weighted by Gasteiger charge is 2.27. The number of hydrogen-bond donors (Lipinski definition) is 0. The van der Waals surface area contributed by atoms with E-state index in [0.29, 0.717) is 50.0 Å². The lowest BCUT2D eigenvalue weighted by atomic mass is 10.0. The van der Waals surface area contributed by atoms with E-state index in [0.717, 1.165) is 24.9 Å². The highest BCUT2D eigenvalue weighted by molar-refractivity contribution is 7.89. The van der Waals surface area contributed by atoms with Crippen molar-refractivity contribution in [2.45, 2.75) is 69.9 Å².